The molecule has 2 aromatic rings. The van der Waals surface area contributed by atoms with Crippen molar-refractivity contribution in [1.82, 2.24) is 20.1 Å². The predicted octanol–water partition coefficient (Wildman–Crippen LogP) is 3.35. The maximum atomic E-state index is 13.1. The van der Waals surface area contributed by atoms with Crippen molar-refractivity contribution in [1.29, 1.82) is 0 Å². The van der Waals surface area contributed by atoms with Gasteiger partial charge in [0.1, 0.15) is 0 Å². The fraction of sp³-hybridized carbons (Fsp3) is 0.519. The lowest BCUT2D eigenvalue weighted by Gasteiger charge is -2.32. The SMILES string of the molecule is Cc1ccc(C(=O)NCC[C@@H]2CCCN2C)c(C2CCN(C(=O)c3ccc4c(c3)OCO4)CC2)n1. The van der Waals surface area contributed by atoms with Crippen molar-refractivity contribution in [2.24, 2.45) is 0 Å². The van der Waals surface area contributed by atoms with Gasteiger partial charge in [-0.15, -0.1) is 0 Å². The average Bonchev–Trinajstić information content (AvgIpc) is 3.51. The number of ether oxygens (including phenoxy) is 2. The maximum Gasteiger partial charge on any atom is 0.253 e. The van der Waals surface area contributed by atoms with E-state index >= 15 is 0 Å². The van der Waals surface area contributed by atoms with Crippen LogP contribution in [0.25, 0.3) is 0 Å². The van der Waals surface area contributed by atoms with Crippen LogP contribution in [0, 0.1) is 6.92 Å². The van der Waals surface area contributed by atoms with Gasteiger partial charge in [-0.05, 0) is 83.0 Å². The standard InChI is InChI=1S/C27H34N4O4/c1-18-5-7-22(26(32)28-12-9-21-4-3-13-30(21)2)25(29-18)19-10-14-31(15-11-19)27(33)20-6-8-23-24(16-20)35-17-34-23/h5-8,16,19,21H,3-4,9-15,17H2,1-2H3,(H,28,32)/t21-/m0/s1. The molecule has 1 aromatic carbocycles. The van der Waals surface area contributed by atoms with Gasteiger partial charge in [0.25, 0.3) is 11.8 Å². The molecule has 0 saturated carbocycles. The first-order chi connectivity index (χ1) is 17.0. The number of aromatic nitrogens is 1. The van der Waals surface area contributed by atoms with Crippen LogP contribution in [0.2, 0.25) is 0 Å². The Morgan fingerprint density at radius 3 is 2.63 bits per heavy atom. The molecule has 0 unspecified atom stereocenters. The summed E-state index contributed by atoms with van der Waals surface area (Å²) in [6.45, 7) is 5.21. The highest BCUT2D eigenvalue weighted by Gasteiger charge is 2.29. The lowest BCUT2D eigenvalue weighted by atomic mass is 9.89. The van der Waals surface area contributed by atoms with Gasteiger partial charge in [0, 0.05) is 42.9 Å². The summed E-state index contributed by atoms with van der Waals surface area (Å²) in [6, 6.07) is 9.69. The maximum absolute atomic E-state index is 13.1. The van der Waals surface area contributed by atoms with Crippen LogP contribution in [-0.4, -0.2) is 72.7 Å². The van der Waals surface area contributed by atoms with Gasteiger partial charge in [0.2, 0.25) is 6.79 Å². The zero-order chi connectivity index (χ0) is 24.4. The van der Waals surface area contributed by atoms with Gasteiger partial charge in [0.15, 0.2) is 11.5 Å². The van der Waals surface area contributed by atoms with Crippen LogP contribution in [0.1, 0.15) is 70.1 Å². The minimum absolute atomic E-state index is 0.00574. The summed E-state index contributed by atoms with van der Waals surface area (Å²) in [5.41, 5.74) is 3.03. The molecule has 3 aliphatic heterocycles. The summed E-state index contributed by atoms with van der Waals surface area (Å²) in [4.78, 5) is 35.2. The summed E-state index contributed by atoms with van der Waals surface area (Å²) in [5, 5.41) is 3.12. The van der Waals surface area contributed by atoms with E-state index in [4.69, 9.17) is 14.5 Å². The molecule has 2 fully saturated rings. The average molecular weight is 479 g/mol. The number of hydrogen-bond acceptors (Lipinski definition) is 6. The molecule has 0 radical (unpaired) electrons. The second-order valence-electron chi connectivity index (χ2n) is 9.84. The van der Waals surface area contributed by atoms with Gasteiger partial charge in [-0.1, -0.05) is 0 Å². The van der Waals surface area contributed by atoms with Gasteiger partial charge < -0.3 is 24.6 Å². The molecule has 1 aromatic heterocycles. The number of hydrogen-bond donors (Lipinski definition) is 1. The Bertz CT molecular complexity index is 1100. The van der Waals surface area contributed by atoms with Gasteiger partial charge in [-0.3, -0.25) is 14.6 Å². The number of nitrogens with zero attached hydrogens (tertiary/aromatic N) is 3. The predicted molar refractivity (Wildman–Crippen MR) is 132 cm³/mol. The Balaban J connectivity index is 1.21. The van der Waals surface area contributed by atoms with Crippen LogP contribution < -0.4 is 14.8 Å². The molecule has 8 heteroatoms. The first-order valence-corrected chi connectivity index (χ1v) is 12.6. The van der Waals surface area contributed by atoms with Crippen LogP contribution in [0.15, 0.2) is 30.3 Å². The lowest BCUT2D eigenvalue weighted by Crippen LogP contribution is -2.38. The number of likely N-dealkylation sites (tertiary alicyclic amines) is 2. The third-order valence-electron chi connectivity index (χ3n) is 7.53. The molecule has 3 aliphatic rings. The van der Waals surface area contributed by atoms with Crippen molar-refractivity contribution in [3.63, 3.8) is 0 Å². The Morgan fingerprint density at radius 2 is 1.86 bits per heavy atom. The normalized spacial score (nSPS) is 20.3. The first kappa shape index (κ1) is 23.6. The highest BCUT2D eigenvalue weighted by Crippen LogP contribution is 2.34. The number of piperidine rings is 1. The molecule has 35 heavy (non-hydrogen) atoms. The number of aryl methyl sites for hydroxylation is 1. The van der Waals surface area contributed by atoms with Crippen LogP contribution in [0.5, 0.6) is 11.5 Å². The Kier molecular flexibility index (Phi) is 6.90. The molecular weight excluding hydrogens is 444 g/mol. The second-order valence-corrected chi connectivity index (χ2v) is 9.84. The highest BCUT2D eigenvalue weighted by molar-refractivity contribution is 5.96. The molecule has 0 spiro atoms. The molecule has 1 atom stereocenters. The zero-order valence-corrected chi connectivity index (χ0v) is 20.6. The number of carbonyl (C=O) groups is 2. The topological polar surface area (TPSA) is 84.0 Å². The molecule has 1 N–H and O–H groups in total. The van der Waals surface area contributed by atoms with Crippen LogP contribution >= 0.6 is 0 Å². The molecule has 0 bridgehead atoms. The van der Waals surface area contributed by atoms with Crippen LogP contribution in [0.4, 0.5) is 0 Å². The van der Waals surface area contributed by atoms with E-state index in [-0.39, 0.29) is 24.5 Å². The first-order valence-electron chi connectivity index (χ1n) is 12.6. The van der Waals surface area contributed by atoms with E-state index in [0.717, 1.165) is 37.2 Å². The monoisotopic (exact) mass is 478 g/mol. The van der Waals surface area contributed by atoms with E-state index < -0.39 is 0 Å². The summed E-state index contributed by atoms with van der Waals surface area (Å²) in [7, 11) is 2.16. The number of nitrogens with one attached hydrogen (secondary N) is 1. The summed E-state index contributed by atoms with van der Waals surface area (Å²) < 4.78 is 10.8. The van der Waals surface area contributed by atoms with E-state index in [1.54, 1.807) is 18.2 Å². The molecule has 0 aliphatic carbocycles. The number of carbonyl (C=O) groups excluding carboxylic acids is 2. The molecule has 186 valence electrons. The molecule has 8 nitrogen and oxygen atoms in total. The highest BCUT2D eigenvalue weighted by atomic mass is 16.7. The third kappa shape index (κ3) is 5.12. The van der Waals surface area contributed by atoms with Crippen molar-refractivity contribution >= 4 is 11.8 Å². The van der Waals surface area contributed by atoms with Crippen molar-refractivity contribution in [3.8, 4) is 11.5 Å². The Hall–Kier alpha value is -3.13. The fourth-order valence-electron chi connectivity index (χ4n) is 5.44. The Morgan fingerprint density at radius 1 is 1.06 bits per heavy atom. The Labute approximate surface area is 206 Å². The number of benzene rings is 1. The third-order valence-corrected chi connectivity index (χ3v) is 7.53. The minimum atomic E-state index is -0.0491. The number of pyridine rings is 1. The van der Waals surface area contributed by atoms with E-state index in [0.29, 0.717) is 48.3 Å². The smallest absolute Gasteiger partial charge is 0.253 e. The number of rotatable bonds is 6. The molecule has 5 rings (SSSR count). The summed E-state index contributed by atoms with van der Waals surface area (Å²) in [6.07, 6.45) is 4.96. The minimum Gasteiger partial charge on any atom is -0.454 e. The molecular formula is C27H34N4O4. The molecule has 2 saturated heterocycles. The zero-order valence-electron chi connectivity index (χ0n) is 20.6. The van der Waals surface area contributed by atoms with E-state index in [9.17, 15) is 9.59 Å². The summed E-state index contributed by atoms with van der Waals surface area (Å²) in [5.74, 6) is 1.38. The van der Waals surface area contributed by atoms with Gasteiger partial charge in [0.05, 0.1) is 11.3 Å². The van der Waals surface area contributed by atoms with Gasteiger partial charge in [-0.2, -0.15) is 0 Å². The summed E-state index contributed by atoms with van der Waals surface area (Å²) >= 11 is 0. The quantitative estimate of drug-likeness (QED) is 0.686. The van der Waals surface area contributed by atoms with E-state index in [1.807, 2.05) is 24.0 Å². The van der Waals surface area contributed by atoms with Crippen molar-refractivity contribution in [3.05, 3.63) is 52.8 Å². The fourth-order valence-corrected chi connectivity index (χ4v) is 5.44. The number of fused-ring (bicyclic) bond motifs is 1. The van der Waals surface area contributed by atoms with Crippen molar-refractivity contribution in [2.45, 2.75) is 51.0 Å². The molecule has 2 amide bonds. The van der Waals surface area contributed by atoms with Crippen LogP contribution in [-0.2, 0) is 0 Å². The van der Waals surface area contributed by atoms with Crippen molar-refractivity contribution < 1.29 is 19.1 Å². The molecule has 4 heterocycles. The largest absolute Gasteiger partial charge is 0.454 e. The van der Waals surface area contributed by atoms with E-state index in [1.165, 1.54) is 12.8 Å². The van der Waals surface area contributed by atoms with E-state index in [2.05, 4.69) is 17.3 Å². The lowest BCUT2D eigenvalue weighted by molar-refractivity contribution is 0.0710. The number of amides is 2. The van der Waals surface area contributed by atoms with Gasteiger partial charge in [-0.25, -0.2) is 0 Å². The van der Waals surface area contributed by atoms with Crippen molar-refractivity contribution in [2.75, 3.05) is 40.0 Å². The van der Waals surface area contributed by atoms with Crippen LogP contribution in [0.3, 0.4) is 0 Å². The second kappa shape index (κ2) is 10.2. The van der Waals surface area contributed by atoms with Gasteiger partial charge >= 0.3 is 0 Å².